The van der Waals surface area contributed by atoms with Gasteiger partial charge < -0.3 is 15.7 Å². The lowest BCUT2D eigenvalue weighted by Crippen LogP contribution is -2.27. The molecule has 0 unspecified atom stereocenters. The fraction of sp³-hybridized carbons (Fsp3) is 0.636. The van der Waals surface area contributed by atoms with Crippen molar-refractivity contribution in [2.24, 2.45) is 5.41 Å². The van der Waals surface area contributed by atoms with Gasteiger partial charge in [0.1, 0.15) is 5.82 Å². The number of aromatic nitrogens is 2. The highest BCUT2D eigenvalue weighted by Gasteiger charge is 2.16. The van der Waals surface area contributed by atoms with Crippen LogP contribution < -0.4 is 10.6 Å². The van der Waals surface area contributed by atoms with Crippen LogP contribution in [-0.4, -0.2) is 35.3 Å². The number of anilines is 2. The molecule has 0 saturated heterocycles. The molecule has 0 aliphatic carbocycles. The van der Waals surface area contributed by atoms with Crippen LogP contribution in [0, 0.1) is 12.3 Å². The molecular weight excluding hydrogens is 204 g/mol. The lowest BCUT2D eigenvalue weighted by Gasteiger charge is -2.22. The van der Waals surface area contributed by atoms with E-state index in [0.29, 0.717) is 12.5 Å². The zero-order chi connectivity index (χ0) is 12.2. The second kappa shape index (κ2) is 5.12. The van der Waals surface area contributed by atoms with Crippen molar-refractivity contribution in [3.05, 3.63) is 11.8 Å². The largest absolute Gasteiger partial charge is 0.396 e. The molecule has 0 aliphatic heterocycles. The number of nitrogens with zero attached hydrogens (tertiary/aromatic N) is 2. The quantitative estimate of drug-likeness (QED) is 0.702. The summed E-state index contributed by atoms with van der Waals surface area (Å²) in [5.74, 6) is 1.38. The molecule has 5 heteroatoms. The molecule has 90 valence electrons. The van der Waals surface area contributed by atoms with Crippen LogP contribution in [0.15, 0.2) is 6.07 Å². The predicted octanol–water partition coefficient (Wildman–Crippen LogP) is 1.26. The van der Waals surface area contributed by atoms with Gasteiger partial charge in [-0.05, 0) is 6.92 Å². The molecule has 0 radical (unpaired) electrons. The zero-order valence-corrected chi connectivity index (χ0v) is 10.3. The van der Waals surface area contributed by atoms with E-state index in [1.807, 2.05) is 26.8 Å². The first-order valence-corrected chi connectivity index (χ1v) is 5.35. The first-order chi connectivity index (χ1) is 7.46. The summed E-state index contributed by atoms with van der Waals surface area (Å²) in [4.78, 5) is 8.48. The van der Waals surface area contributed by atoms with E-state index in [0.717, 1.165) is 11.5 Å². The van der Waals surface area contributed by atoms with Crippen molar-refractivity contribution in [1.82, 2.24) is 9.97 Å². The Morgan fingerprint density at radius 3 is 2.62 bits per heavy atom. The third kappa shape index (κ3) is 3.66. The van der Waals surface area contributed by atoms with Gasteiger partial charge in [-0.25, -0.2) is 4.98 Å². The third-order valence-corrected chi connectivity index (χ3v) is 2.25. The first kappa shape index (κ1) is 12.7. The van der Waals surface area contributed by atoms with Gasteiger partial charge in [0, 0.05) is 37.4 Å². The van der Waals surface area contributed by atoms with E-state index in [9.17, 15) is 0 Å². The predicted molar refractivity (Wildman–Crippen MR) is 65.7 cm³/mol. The van der Waals surface area contributed by atoms with E-state index in [2.05, 4.69) is 20.6 Å². The number of aryl methyl sites for hydroxylation is 1. The summed E-state index contributed by atoms with van der Waals surface area (Å²) in [6.07, 6.45) is 0. The number of hydrogen-bond acceptors (Lipinski definition) is 5. The molecule has 0 fully saturated rings. The van der Waals surface area contributed by atoms with Gasteiger partial charge in [-0.2, -0.15) is 4.98 Å². The topological polar surface area (TPSA) is 70.1 Å². The highest BCUT2D eigenvalue weighted by atomic mass is 16.3. The molecule has 0 bridgehead atoms. The van der Waals surface area contributed by atoms with Crippen molar-refractivity contribution < 1.29 is 5.11 Å². The van der Waals surface area contributed by atoms with E-state index >= 15 is 0 Å². The van der Waals surface area contributed by atoms with Crippen molar-refractivity contribution in [1.29, 1.82) is 0 Å². The normalized spacial score (nSPS) is 11.3. The lowest BCUT2D eigenvalue weighted by atomic mass is 9.95. The van der Waals surface area contributed by atoms with Crippen molar-refractivity contribution >= 4 is 11.8 Å². The summed E-state index contributed by atoms with van der Waals surface area (Å²) in [5.41, 5.74) is 0.752. The van der Waals surface area contributed by atoms with Crippen LogP contribution >= 0.6 is 0 Å². The Morgan fingerprint density at radius 1 is 1.38 bits per heavy atom. The Morgan fingerprint density at radius 2 is 2.06 bits per heavy atom. The van der Waals surface area contributed by atoms with Gasteiger partial charge in [0.2, 0.25) is 5.95 Å². The molecule has 1 rings (SSSR count). The number of rotatable bonds is 5. The van der Waals surface area contributed by atoms with Gasteiger partial charge in [-0.3, -0.25) is 0 Å². The molecule has 3 N–H and O–H groups in total. The molecule has 0 spiro atoms. The summed E-state index contributed by atoms with van der Waals surface area (Å²) in [6.45, 7) is 6.72. The third-order valence-electron chi connectivity index (χ3n) is 2.25. The summed E-state index contributed by atoms with van der Waals surface area (Å²) in [5, 5.41) is 15.3. The maximum atomic E-state index is 9.14. The molecule has 0 atom stereocenters. The maximum absolute atomic E-state index is 9.14. The van der Waals surface area contributed by atoms with Crippen LogP contribution in [-0.2, 0) is 0 Å². The van der Waals surface area contributed by atoms with Crippen LogP contribution in [0.4, 0.5) is 11.8 Å². The van der Waals surface area contributed by atoms with Crippen molar-refractivity contribution in [2.75, 3.05) is 30.8 Å². The molecule has 1 aromatic heterocycles. The van der Waals surface area contributed by atoms with E-state index in [-0.39, 0.29) is 12.0 Å². The van der Waals surface area contributed by atoms with E-state index in [1.54, 1.807) is 7.05 Å². The van der Waals surface area contributed by atoms with Crippen molar-refractivity contribution in [3.8, 4) is 0 Å². The Labute approximate surface area is 96.3 Å². The highest BCUT2D eigenvalue weighted by Crippen LogP contribution is 2.16. The fourth-order valence-electron chi connectivity index (χ4n) is 1.16. The van der Waals surface area contributed by atoms with Crippen LogP contribution in [0.2, 0.25) is 0 Å². The van der Waals surface area contributed by atoms with E-state index in [1.165, 1.54) is 0 Å². The molecule has 0 saturated carbocycles. The van der Waals surface area contributed by atoms with Crippen molar-refractivity contribution in [3.63, 3.8) is 0 Å². The second-order valence-corrected chi connectivity index (χ2v) is 4.64. The van der Waals surface area contributed by atoms with Crippen molar-refractivity contribution in [2.45, 2.75) is 20.8 Å². The molecule has 16 heavy (non-hydrogen) atoms. The molecule has 1 aromatic rings. The van der Waals surface area contributed by atoms with Crippen LogP contribution in [0.1, 0.15) is 19.5 Å². The molecule has 0 aliphatic rings. The SMILES string of the molecule is CNc1nc(C)cc(NCC(C)(C)CO)n1. The van der Waals surface area contributed by atoms with Gasteiger partial charge in [0.15, 0.2) is 0 Å². The molecule has 0 amide bonds. The number of aliphatic hydroxyl groups excluding tert-OH is 1. The Bertz CT molecular complexity index is 352. The van der Waals surface area contributed by atoms with E-state index in [4.69, 9.17) is 5.11 Å². The lowest BCUT2D eigenvalue weighted by molar-refractivity contribution is 0.170. The first-order valence-electron chi connectivity index (χ1n) is 5.35. The summed E-state index contributed by atoms with van der Waals surface area (Å²) >= 11 is 0. The highest BCUT2D eigenvalue weighted by molar-refractivity contribution is 5.41. The standard InChI is InChI=1S/C11H20N4O/c1-8-5-9(15-10(12-4)14-8)13-6-11(2,3)7-16/h5,16H,6-7H2,1-4H3,(H2,12,13,14,15). The van der Waals surface area contributed by atoms with Crippen LogP contribution in [0.5, 0.6) is 0 Å². The van der Waals surface area contributed by atoms with Crippen LogP contribution in [0.3, 0.4) is 0 Å². The van der Waals surface area contributed by atoms with Gasteiger partial charge >= 0.3 is 0 Å². The minimum atomic E-state index is -0.154. The fourth-order valence-corrected chi connectivity index (χ4v) is 1.16. The Hall–Kier alpha value is -1.36. The second-order valence-electron chi connectivity index (χ2n) is 4.64. The Balaban J connectivity index is 2.70. The average molecular weight is 224 g/mol. The minimum Gasteiger partial charge on any atom is -0.396 e. The van der Waals surface area contributed by atoms with Gasteiger partial charge in [-0.15, -0.1) is 0 Å². The number of nitrogens with one attached hydrogen (secondary N) is 2. The van der Waals surface area contributed by atoms with Gasteiger partial charge in [0.05, 0.1) is 0 Å². The number of hydrogen-bond donors (Lipinski definition) is 3. The summed E-state index contributed by atoms with van der Waals surface area (Å²) < 4.78 is 0. The summed E-state index contributed by atoms with van der Waals surface area (Å²) in [6, 6.07) is 1.88. The van der Waals surface area contributed by atoms with Gasteiger partial charge in [0.25, 0.3) is 0 Å². The molecule has 0 aromatic carbocycles. The molecule has 1 heterocycles. The maximum Gasteiger partial charge on any atom is 0.224 e. The smallest absolute Gasteiger partial charge is 0.224 e. The van der Waals surface area contributed by atoms with Crippen LogP contribution in [0.25, 0.3) is 0 Å². The van der Waals surface area contributed by atoms with E-state index < -0.39 is 0 Å². The summed E-state index contributed by atoms with van der Waals surface area (Å²) in [7, 11) is 1.79. The average Bonchev–Trinajstić information content (AvgIpc) is 2.26. The minimum absolute atomic E-state index is 0.142. The zero-order valence-electron chi connectivity index (χ0n) is 10.3. The molecular formula is C11H20N4O. The number of aliphatic hydroxyl groups is 1. The Kier molecular flexibility index (Phi) is 4.06. The van der Waals surface area contributed by atoms with Gasteiger partial charge in [-0.1, -0.05) is 13.8 Å². The molecule has 5 nitrogen and oxygen atoms in total. The monoisotopic (exact) mass is 224 g/mol.